The third kappa shape index (κ3) is 3.57. The van der Waals surface area contributed by atoms with E-state index in [2.05, 4.69) is 5.32 Å². The van der Waals surface area contributed by atoms with Gasteiger partial charge in [-0.15, -0.1) is 0 Å². The van der Waals surface area contributed by atoms with E-state index in [4.69, 9.17) is 5.11 Å². The molecule has 0 aliphatic rings. The van der Waals surface area contributed by atoms with Gasteiger partial charge in [-0.05, 0) is 54.8 Å². The summed E-state index contributed by atoms with van der Waals surface area (Å²) in [5, 5.41) is 12.0. The van der Waals surface area contributed by atoms with E-state index in [0.717, 1.165) is 5.56 Å². The molecule has 0 saturated heterocycles. The molecule has 104 valence electrons. The van der Waals surface area contributed by atoms with Crippen LogP contribution in [-0.2, 0) is 6.42 Å². The van der Waals surface area contributed by atoms with Crippen molar-refractivity contribution >= 4 is 5.91 Å². The van der Waals surface area contributed by atoms with Crippen LogP contribution in [0.25, 0.3) is 0 Å². The predicted molar refractivity (Wildman–Crippen MR) is 75.3 cm³/mol. The maximum absolute atomic E-state index is 13.1. The topological polar surface area (TPSA) is 49.3 Å². The van der Waals surface area contributed by atoms with Crippen LogP contribution in [0.15, 0.2) is 42.5 Å². The summed E-state index contributed by atoms with van der Waals surface area (Å²) in [5.74, 6) is -0.308. The van der Waals surface area contributed by atoms with Crippen LogP contribution in [-0.4, -0.2) is 17.6 Å². The number of aromatic hydroxyl groups is 1. The minimum atomic E-state index is -0.314. The Bertz CT molecular complexity index is 608. The summed E-state index contributed by atoms with van der Waals surface area (Å²) in [6.45, 7) is 2.11. The van der Waals surface area contributed by atoms with Crippen molar-refractivity contribution in [3.63, 3.8) is 0 Å². The lowest BCUT2D eigenvalue weighted by molar-refractivity contribution is 0.0954. The summed E-state index contributed by atoms with van der Waals surface area (Å²) in [6, 6.07) is 11.1. The summed E-state index contributed by atoms with van der Waals surface area (Å²) in [6.07, 6.45) is 0.673. The second-order valence-electron chi connectivity index (χ2n) is 4.64. The van der Waals surface area contributed by atoms with Crippen molar-refractivity contribution in [3.05, 3.63) is 65.0 Å². The van der Waals surface area contributed by atoms with Gasteiger partial charge in [-0.1, -0.05) is 12.1 Å². The van der Waals surface area contributed by atoms with Gasteiger partial charge in [0, 0.05) is 12.1 Å². The molecule has 2 N–H and O–H groups in total. The van der Waals surface area contributed by atoms with E-state index in [1.165, 1.54) is 18.2 Å². The van der Waals surface area contributed by atoms with Gasteiger partial charge in [0.15, 0.2) is 0 Å². The molecule has 0 saturated carbocycles. The van der Waals surface area contributed by atoms with E-state index in [0.29, 0.717) is 24.1 Å². The first-order valence-electron chi connectivity index (χ1n) is 6.38. The highest BCUT2D eigenvalue weighted by molar-refractivity contribution is 5.94. The third-order valence-corrected chi connectivity index (χ3v) is 3.06. The highest BCUT2D eigenvalue weighted by atomic mass is 19.1. The van der Waals surface area contributed by atoms with E-state index >= 15 is 0 Å². The lowest BCUT2D eigenvalue weighted by Gasteiger charge is -2.06. The number of hydrogen-bond donors (Lipinski definition) is 2. The van der Waals surface area contributed by atoms with E-state index in [9.17, 15) is 9.18 Å². The number of benzene rings is 2. The van der Waals surface area contributed by atoms with Gasteiger partial charge in [-0.2, -0.15) is 0 Å². The average molecular weight is 273 g/mol. The zero-order valence-corrected chi connectivity index (χ0v) is 11.2. The zero-order chi connectivity index (χ0) is 14.5. The Hall–Kier alpha value is -2.36. The van der Waals surface area contributed by atoms with E-state index < -0.39 is 0 Å². The van der Waals surface area contributed by atoms with Crippen molar-refractivity contribution in [3.8, 4) is 5.75 Å². The number of halogens is 1. The highest BCUT2D eigenvalue weighted by Crippen LogP contribution is 2.10. The molecule has 0 spiro atoms. The Morgan fingerprint density at radius 2 is 1.90 bits per heavy atom. The Morgan fingerprint density at radius 1 is 1.20 bits per heavy atom. The molecule has 0 aromatic heterocycles. The van der Waals surface area contributed by atoms with E-state index in [-0.39, 0.29) is 17.5 Å². The van der Waals surface area contributed by atoms with E-state index in [1.807, 2.05) is 12.1 Å². The monoisotopic (exact) mass is 273 g/mol. The summed E-state index contributed by atoms with van der Waals surface area (Å²) in [7, 11) is 0. The lowest BCUT2D eigenvalue weighted by Crippen LogP contribution is -2.25. The molecule has 20 heavy (non-hydrogen) atoms. The highest BCUT2D eigenvalue weighted by Gasteiger charge is 2.07. The molecule has 0 aliphatic carbocycles. The zero-order valence-electron chi connectivity index (χ0n) is 11.2. The van der Waals surface area contributed by atoms with Crippen LogP contribution in [0, 0.1) is 12.7 Å². The molecule has 4 heteroatoms. The molecule has 2 rings (SSSR count). The largest absolute Gasteiger partial charge is 0.508 e. The van der Waals surface area contributed by atoms with Crippen molar-refractivity contribution in [2.24, 2.45) is 0 Å². The Labute approximate surface area is 117 Å². The molecule has 0 atom stereocenters. The fourth-order valence-electron chi connectivity index (χ4n) is 1.87. The van der Waals surface area contributed by atoms with Crippen LogP contribution in [0.1, 0.15) is 21.5 Å². The van der Waals surface area contributed by atoms with Gasteiger partial charge in [0.25, 0.3) is 5.91 Å². The smallest absolute Gasteiger partial charge is 0.251 e. The van der Waals surface area contributed by atoms with Gasteiger partial charge < -0.3 is 10.4 Å². The van der Waals surface area contributed by atoms with Crippen molar-refractivity contribution in [1.29, 1.82) is 0 Å². The average Bonchev–Trinajstić information content (AvgIpc) is 2.44. The lowest BCUT2D eigenvalue weighted by atomic mass is 10.1. The van der Waals surface area contributed by atoms with Gasteiger partial charge in [0.05, 0.1) is 0 Å². The molecule has 2 aromatic rings. The normalized spacial score (nSPS) is 10.3. The maximum atomic E-state index is 13.1. The number of amides is 1. The third-order valence-electron chi connectivity index (χ3n) is 3.06. The molecule has 0 aliphatic heterocycles. The second kappa shape index (κ2) is 6.19. The number of aryl methyl sites for hydroxylation is 1. The van der Waals surface area contributed by atoms with Crippen LogP contribution in [0.4, 0.5) is 4.39 Å². The standard InChI is InChI=1S/C16H16FNO2/c1-11-10-13(4-7-15(11)17)16(20)18-9-8-12-2-5-14(19)6-3-12/h2-7,10,19H,8-9H2,1H3,(H,18,20). The van der Waals surface area contributed by atoms with Gasteiger partial charge in [-0.25, -0.2) is 4.39 Å². The molecule has 0 fully saturated rings. The van der Waals surface area contributed by atoms with Gasteiger partial charge >= 0.3 is 0 Å². The fraction of sp³-hybridized carbons (Fsp3) is 0.188. The minimum absolute atomic E-state index is 0.216. The number of carbonyl (C=O) groups excluding carboxylic acids is 1. The maximum Gasteiger partial charge on any atom is 0.251 e. The SMILES string of the molecule is Cc1cc(C(=O)NCCc2ccc(O)cc2)ccc1F. The van der Waals surface area contributed by atoms with Gasteiger partial charge in [0.2, 0.25) is 0 Å². The summed E-state index contributed by atoms with van der Waals surface area (Å²) < 4.78 is 13.1. The van der Waals surface area contributed by atoms with Crippen LogP contribution < -0.4 is 5.32 Å². The van der Waals surface area contributed by atoms with Gasteiger partial charge in [-0.3, -0.25) is 4.79 Å². The number of rotatable bonds is 4. The molecule has 1 amide bonds. The first-order valence-corrected chi connectivity index (χ1v) is 6.38. The van der Waals surface area contributed by atoms with Crippen LogP contribution in [0.3, 0.4) is 0 Å². The molecular weight excluding hydrogens is 257 g/mol. The van der Waals surface area contributed by atoms with Crippen molar-refractivity contribution in [2.75, 3.05) is 6.54 Å². The Morgan fingerprint density at radius 3 is 2.55 bits per heavy atom. The van der Waals surface area contributed by atoms with Crippen molar-refractivity contribution < 1.29 is 14.3 Å². The van der Waals surface area contributed by atoms with Crippen LogP contribution in [0.5, 0.6) is 5.75 Å². The van der Waals surface area contributed by atoms with E-state index in [1.54, 1.807) is 19.1 Å². The molecular formula is C16H16FNO2. The number of carbonyl (C=O) groups is 1. The molecule has 0 heterocycles. The quantitative estimate of drug-likeness (QED) is 0.900. The number of hydrogen-bond acceptors (Lipinski definition) is 2. The predicted octanol–water partition coefficient (Wildman–Crippen LogP) is 2.81. The first-order chi connectivity index (χ1) is 9.56. The Balaban J connectivity index is 1.88. The second-order valence-corrected chi connectivity index (χ2v) is 4.64. The summed E-state index contributed by atoms with van der Waals surface area (Å²) >= 11 is 0. The summed E-state index contributed by atoms with van der Waals surface area (Å²) in [5.41, 5.74) is 1.93. The van der Waals surface area contributed by atoms with Crippen LogP contribution in [0.2, 0.25) is 0 Å². The number of phenols is 1. The molecule has 0 unspecified atom stereocenters. The fourth-order valence-corrected chi connectivity index (χ4v) is 1.87. The van der Waals surface area contributed by atoms with Crippen molar-refractivity contribution in [2.45, 2.75) is 13.3 Å². The number of phenolic OH excluding ortho intramolecular Hbond substituents is 1. The minimum Gasteiger partial charge on any atom is -0.508 e. The Kier molecular flexibility index (Phi) is 4.35. The molecule has 0 bridgehead atoms. The molecule has 0 radical (unpaired) electrons. The summed E-state index contributed by atoms with van der Waals surface area (Å²) in [4.78, 5) is 11.9. The molecule has 3 nitrogen and oxygen atoms in total. The number of nitrogens with one attached hydrogen (secondary N) is 1. The van der Waals surface area contributed by atoms with Gasteiger partial charge in [0.1, 0.15) is 11.6 Å². The molecule has 2 aromatic carbocycles. The van der Waals surface area contributed by atoms with Crippen molar-refractivity contribution in [1.82, 2.24) is 5.32 Å². The first kappa shape index (κ1) is 14.1. The van der Waals surface area contributed by atoms with Crippen LogP contribution >= 0.6 is 0 Å².